The molecule has 1 heterocycles. The fourth-order valence-electron chi connectivity index (χ4n) is 1.41. The molecule has 0 saturated heterocycles. The van der Waals surface area contributed by atoms with E-state index in [1.165, 1.54) is 0 Å². The molecule has 0 unspecified atom stereocenters. The number of hydrogen-bond donors (Lipinski definition) is 1. The quantitative estimate of drug-likeness (QED) is 0.794. The van der Waals surface area contributed by atoms with Gasteiger partial charge in [0.1, 0.15) is 6.61 Å². The minimum Gasteiger partial charge on any atom is -0.473 e. The van der Waals surface area contributed by atoms with E-state index in [1.807, 2.05) is 24.3 Å². The molecule has 0 bridgehead atoms. The molecule has 0 saturated carbocycles. The molecular weight excluding hydrogens is 202 g/mol. The Morgan fingerprint density at radius 3 is 2.94 bits per heavy atom. The summed E-state index contributed by atoms with van der Waals surface area (Å²) < 4.78 is 5.50. The van der Waals surface area contributed by atoms with Gasteiger partial charge in [0.2, 0.25) is 11.8 Å². The number of benzene rings is 1. The Labute approximate surface area is 94.0 Å². The zero-order valence-electron chi connectivity index (χ0n) is 9.10. The topological polar surface area (TPSA) is 47.0 Å². The van der Waals surface area contributed by atoms with Crippen LogP contribution in [-0.2, 0) is 0 Å². The van der Waals surface area contributed by atoms with Crippen molar-refractivity contribution in [3.63, 3.8) is 0 Å². The van der Waals surface area contributed by atoms with Gasteiger partial charge in [0.15, 0.2) is 0 Å². The summed E-state index contributed by atoms with van der Waals surface area (Å²) in [5.41, 5.74) is 0.862. The lowest BCUT2D eigenvalue weighted by molar-refractivity contribution is 0.353. The van der Waals surface area contributed by atoms with Crippen molar-refractivity contribution in [1.29, 1.82) is 0 Å². The van der Waals surface area contributed by atoms with Crippen LogP contribution in [0.2, 0.25) is 0 Å². The Morgan fingerprint density at radius 2 is 2.19 bits per heavy atom. The van der Waals surface area contributed by atoms with Gasteiger partial charge in [-0.3, -0.25) is 0 Å². The summed E-state index contributed by atoms with van der Waals surface area (Å²) in [5.74, 6) is 1.13. The van der Waals surface area contributed by atoms with Crippen molar-refractivity contribution in [2.24, 2.45) is 0 Å². The van der Waals surface area contributed by atoms with Crippen LogP contribution in [0.15, 0.2) is 36.9 Å². The van der Waals surface area contributed by atoms with E-state index in [2.05, 4.69) is 21.9 Å². The van der Waals surface area contributed by atoms with Gasteiger partial charge in [0, 0.05) is 7.05 Å². The van der Waals surface area contributed by atoms with Gasteiger partial charge in [-0.05, 0) is 12.1 Å². The van der Waals surface area contributed by atoms with Crippen molar-refractivity contribution in [2.75, 3.05) is 19.0 Å². The number of fused-ring (bicyclic) bond motifs is 1. The Hall–Kier alpha value is -2.10. The summed E-state index contributed by atoms with van der Waals surface area (Å²) in [5, 5.41) is 3.81. The average Bonchev–Trinajstić information content (AvgIpc) is 2.35. The largest absolute Gasteiger partial charge is 0.473 e. The predicted octanol–water partition coefficient (Wildman–Crippen LogP) is 2.24. The third kappa shape index (κ3) is 1.95. The van der Waals surface area contributed by atoms with Crippen LogP contribution in [0.4, 0.5) is 5.95 Å². The normalized spacial score (nSPS) is 10.1. The third-order valence-corrected chi connectivity index (χ3v) is 2.13. The maximum absolute atomic E-state index is 5.50. The second kappa shape index (κ2) is 4.61. The van der Waals surface area contributed by atoms with Crippen molar-refractivity contribution < 1.29 is 4.74 Å². The maximum atomic E-state index is 5.50. The fourth-order valence-corrected chi connectivity index (χ4v) is 1.41. The van der Waals surface area contributed by atoms with Gasteiger partial charge in [0.05, 0.1) is 10.9 Å². The molecule has 0 aliphatic carbocycles. The fraction of sp³-hybridized carbons (Fsp3) is 0.167. The van der Waals surface area contributed by atoms with Gasteiger partial charge < -0.3 is 10.1 Å². The molecule has 0 amide bonds. The van der Waals surface area contributed by atoms with Gasteiger partial charge in [-0.1, -0.05) is 24.8 Å². The Bertz CT molecular complexity index is 511. The predicted molar refractivity (Wildman–Crippen MR) is 64.8 cm³/mol. The molecule has 82 valence electrons. The van der Waals surface area contributed by atoms with Gasteiger partial charge in [-0.15, -0.1) is 0 Å². The van der Waals surface area contributed by atoms with Crippen LogP contribution in [0.25, 0.3) is 10.9 Å². The molecule has 0 spiro atoms. The lowest BCUT2D eigenvalue weighted by Gasteiger charge is -2.08. The van der Waals surface area contributed by atoms with Crippen LogP contribution < -0.4 is 10.1 Å². The molecule has 0 radical (unpaired) electrons. The highest BCUT2D eigenvalue weighted by molar-refractivity contribution is 5.84. The standard InChI is InChI=1S/C12H13N3O/c1-3-8-16-11-9-6-4-5-7-10(9)14-12(13-2)15-11/h3-7H,1,8H2,2H3,(H,13,14,15). The van der Waals surface area contributed by atoms with Crippen LogP contribution in [0.5, 0.6) is 5.88 Å². The Morgan fingerprint density at radius 1 is 1.38 bits per heavy atom. The third-order valence-electron chi connectivity index (χ3n) is 2.13. The number of nitrogens with zero attached hydrogens (tertiary/aromatic N) is 2. The molecule has 2 rings (SSSR count). The molecule has 4 heteroatoms. The van der Waals surface area contributed by atoms with Crippen molar-refractivity contribution >= 4 is 16.9 Å². The minimum absolute atomic E-state index is 0.435. The van der Waals surface area contributed by atoms with E-state index in [0.29, 0.717) is 18.4 Å². The molecule has 1 N–H and O–H groups in total. The molecule has 0 aliphatic heterocycles. The smallest absolute Gasteiger partial charge is 0.226 e. The molecular formula is C12H13N3O. The number of aromatic nitrogens is 2. The lowest BCUT2D eigenvalue weighted by Crippen LogP contribution is -2.02. The summed E-state index contributed by atoms with van der Waals surface area (Å²) in [4.78, 5) is 8.60. The molecule has 16 heavy (non-hydrogen) atoms. The summed E-state index contributed by atoms with van der Waals surface area (Å²) in [6, 6.07) is 7.74. The number of ether oxygens (including phenoxy) is 1. The van der Waals surface area contributed by atoms with E-state index in [-0.39, 0.29) is 0 Å². The zero-order chi connectivity index (χ0) is 11.4. The first kappa shape index (κ1) is 10.4. The summed E-state index contributed by atoms with van der Waals surface area (Å²) in [7, 11) is 1.78. The van der Waals surface area contributed by atoms with Gasteiger partial charge in [-0.25, -0.2) is 4.98 Å². The number of hydrogen-bond acceptors (Lipinski definition) is 4. The molecule has 2 aromatic rings. The van der Waals surface area contributed by atoms with Crippen molar-refractivity contribution in [3.8, 4) is 5.88 Å². The molecule has 1 aromatic heterocycles. The first-order valence-electron chi connectivity index (χ1n) is 5.03. The SMILES string of the molecule is C=CCOc1nc(NC)nc2ccccc12. The lowest BCUT2D eigenvalue weighted by atomic mass is 10.2. The van der Waals surface area contributed by atoms with Crippen LogP contribution in [0.3, 0.4) is 0 Å². The van der Waals surface area contributed by atoms with E-state index in [0.717, 1.165) is 10.9 Å². The van der Waals surface area contributed by atoms with Crippen molar-refractivity contribution in [1.82, 2.24) is 9.97 Å². The number of para-hydroxylation sites is 1. The average molecular weight is 215 g/mol. The first-order chi connectivity index (χ1) is 7.85. The minimum atomic E-state index is 0.435. The van der Waals surface area contributed by atoms with E-state index < -0.39 is 0 Å². The summed E-state index contributed by atoms with van der Waals surface area (Å²) in [6.07, 6.45) is 1.69. The number of nitrogens with one attached hydrogen (secondary N) is 1. The number of rotatable bonds is 4. The second-order valence-electron chi connectivity index (χ2n) is 3.22. The molecule has 0 atom stereocenters. The first-order valence-corrected chi connectivity index (χ1v) is 5.03. The highest BCUT2D eigenvalue weighted by Gasteiger charge is 2.06. The van der Waals surface area contributed by atoms with Crippen LogP contribution >= 0.6 is 0 Å². The van der Waals surface area contributed by atoms with Gasteiger partial charge >= 0.3 is 0 Å². The molecule has 0 fully saturated rings. The van der Waals surface area contributed by atoms with Crippen LogP contribution in [0, 0.1) is 0 Å². The van der Waals surface area contributed by atoms with Crippen molar-refractivity contribution in [2.45, 2.75) is 0 Å². The van der Waals surface area contributed by atoms with Gasteiger partial charge in [-0.2, -0.15) is 4.98 Å². The summed E-state index contributed by atoms with van der Waals surface area (Å²) in [6.45, 7) is 4.05. The number of anilines is 1. The Balaban J connectivity index is 2.54. The van der Waals surface area contributed by atoms with E-state index >= 15 is 0 Å². The molecule has 1 aromatic carbocycles. The van der Waals surface area contributed by atoms with Gasteiger partial charge in [0.25, 0.3) is 0 Å². The highest BCUT2D eigenvalue weighted by Crippen LogP contribution is 2.23. The summed E-state index contributed by atoms with van der Waals surface area (Å²) >= 11 is 0. The second-order valence-corrected chi connectivity index (χ2v) is 3.22. The van der Waals surface area contributed by atoms with Crippen LogP contribution in [-0.4, -0.2) is 23.6 Å². The van der Waals surface area contributed by atoms with E-state index in [9.17, 15) is 0 Å². The molecule has 0 aliphatic rings. The maximum Gasteiger partial charge on any atom is 0.226 e. The Kier molecular flexibility index (Phi) is 3.00. The van der Waals surface area contributed by atoms with Crippen molar-refractivity contribution in [3.05, 3.63) is 36.9 Å². The highest BCUT2D eigenvalue weighted by atomic mass is 16.5. The molecule has 4 nitrogen and oxygen atoms in total. The van der Waals surface area contributed by atoms with E-state index in [1.54, 1.807) is 13.1 Å². The monoisotopic (exact) mass is 215 g/mol. The zero-order valence-corrected chi connectivity index (χ0v) is 9.10. The van der Waals surface area contributed by atoms with E-state index in [4.69, 9.17) is 4.74 Å². The van der Waals surface area contributed by atoms with Crippen LogP contribution in [0.1, 0.15) is 0 Å².